The van der Waals surface area contributed by atoms with Crippen molar-refractivity contribution in [1.29, 1.82) is 0 Å². The number of likely N-dealkylation sites (N-methyl/N-ethyl adjacent to an activating group) is 1. The molecule has 3 rings (SSSR count). The summed E-state index contributed by atoms with van der Waals surface area (Å²) >= 11 is 0. The average Bonchev–Trinajstić information content (AvgIpc) is 3.02. The topological polar surface area (TPSA) is 64.9 Å². The maximum absolute atomic E-state index is 11.9. The molecule has 0 saturated heterocycles. The van der Waals surface area contributed by atoms with E-state index in [1.807, 2.05) is 56.4 Å². The van der Waals surface area contributed by atoms with Crippen molar-refractivity contribution in [2.24, 2.45) is 4.99 Å². The van der Waals surface area contributed by atoms with Crippen LogP contribution >= 0.6 is 0 Å². The van der Waals surface area contributed by atoms with Gasteiger partial charge in [0.05, 0.1) is 23.3 Å². The molecule has 1 amide bonds. The molecule has 0 radical (unpaired) electrons. The second kappa shape index (κ2) is 6.84. The molecule has 24 heavy (non-hydrogen) atoms. The van der Waals surface area contributed by atoms with Crippen molar-refractivity contribution < 1.29 is 9.90 Å². The molecule has 0 unspecified atom stereocenters. The third-order valence-corrected chi connectivity index (χ3v) is 4.27. The molecule has 5 heteroatoms. The third kappa shape index (κ3) is 3.16. The molecule has 2 aromatic carbocycles. The minimum Gasteiger partial charge on any atom is -0.464 e. The zero-order valence-corrected chi connectivity index (χ0v) is 13.9. The monoisotopic (exact) mass is 323 g/mol. The van der Waals surface area contributed by atoms with E-state index < -0.39 is 6.09 Å². The van der Waals surface area contributed by atoms with E-state index >= 15 is 0 Å². The van der Waals surface area contributed by atoms with E-state index in [1.165, 1.54) is 10.5 Å². The number of rotatable bonds is 5. The predicted octanol–water partition coefficient (Wildman–Crippen LogP) is 1.99. The van der Waals surface area contributed by atoms with Gasteiger partial charge in [0.15, 0.2) is 0 Å². The lowest BCUT2D eigenvalue weighted by Crippen LogP contribution is -2.28. The Bertz CT molecular complexity index is 890. The van der Waals surface area contributed by atoms with Crippen LogP contribution in [0.25, 0.3) is 6.08 Å². The molecule has 0 aliphatic carbocycles. The van der Waals surface area contributed by atoms with Crippen molar-refractivity contribution in [3.05, 3.63) is 58.1 Å². The van der Waals surface area contributed by atoms with Gasteiger partial charge in [0, 0.05) is 0 Å². The Balaban J connectivity index is 2.03. The molecule has 0 spiro atoms. The SMILES string of the molecule is CNCCc1cc(N(C(=O)O)c2ccc3c(c2)=CCN=3)ccc1C. The Morgan fingerprint density at radius 1 is 1.25 bits per heavy atom. The predicted molar refractivity (Wildman–Crippen MR) is 95.5 cm³/mol. The van der Waals surface area contributed by atoms with Gasteiger partial charge in [0.25, 0.3) is 0 Å². The molecular formula is C19H21N3O2. The minimum atomic E-state index is -0.992. The number of nitrogens with zero attached hydrogens (tertiary/aromatic N) is 2. The van der Waals surface area contributed by atoms with Crippen molar-refractivity contribution >= 4 is 23.5 Å². The average molecular weight is 323 g/mol. The van der Waals surface area contributed by atoms with Crippen LogP contribution in [0.1, 0.15) is 11.1 Å². The van der Waals surface area contributed by atoms with Crippen molar-refractivity contribution in [1.82, 2.24) is 5.32 Å². The van der Waals surface area contributed by atoms with Crippen LogP contribution in [0.15, 0.2) is 41.4 Å². The van der Waals surface area contributed by atoms with Gasteiger partial charge < -0.3 is 10.4 Å². The number of carbonyl (C=O) groups is 1. The van der Waals surface area contributed by atoms with Crippen LogP contribution in [0.4, 0.5) is 16.2 Å². The fraction of sp³-hybridized carbons (Fsp3) is 0.263. The van der Waals surface area contributed by atoms with Gasteiger partial charge in [-0.2, -0.15) is 0 Å². The van der Waals surface area contributed by atoms with Gasteiger partial charge in [-0.15, -0.1) is 0 Å². The molecule has 1 heterocycles. The maximum atomic E-state index is 11.9. The number of carboxylic acid groups (broad SMARTS) is 1. The largest absolute Gasteiger partial charge is 0.464 e. The fourth-order valence-corrected chi connectivity index (χ4v) is 2.93. The lowest BCUT2D eigenvalue weighted by molar-refractivity contribution is 0.205. The standard InChI is InChI=1S/C19H21N3O2/c1-13-3-4-16(11-14(13)7-9-20-2)22(19(23)24)17-5-6-18-15(12-17)8-10-21-18/h3-6,8,11-12,20H,7,9-10H2,1-2H3,(H,23,24). The van der Waals surface area contributed by atoms with Crippen molar-refractivity contribution in [3.8, 4) is 0 Å². The first kappa shape index (κ1) is 16.2. The molecular weight excluding hydrogens is 302 g/mol. The van der Waals surface area contributed by atoms with Crippen molar-refractivity contribution in [2.45, 2.75) is 13.3 Å². The second-order valence-corrected chi connectivity index (χ2v) is 5.87. The molecule has 0 aromatic heterocycles. The van der Waals surface area contributed by atoms with E-state index in [4.69, 9.17) is 0 Å². The van der Waals surface area contributed by atoms with Gasteiger partial charge in [-0.05, 0) is 73.6 Å². The van der Waals surface area contributed by atoms with Crippen molar-refractivity contribution in [2.75, 3.05) is 25.0 Å². The highest BCUT2D eigenvalue weighted by atomic mass is 16.4. The Kier molecular flexibility index (Phi) is 4.62. The molecule has 5 nitrogen and oxygen atoms in total. The Morgan fingerprint density at radius 3 is 2.75 bits per heavy atom. The Morgan fingerprint density at radius 2 is 2.00 bits per heavy atom. The Labute approximate surface area is 141 Å². The van der Waals surface area contributed by atoms with Gasteiger partial charge in [0.1, 0.15) is 0 Å². The number of amides is 1. The number of anilines is 2. The summed E-state index contributed by atoms with van der Waals surface area (Å²) in [4.78, 5) is 17.6. The first-order valence-corrected chi connectivity index (χ1v) is 8.02. The molecule has 0 atom stereocenters. The summed E-state index contributed by atoms with van der Waals surface area (Å²) in [6.07, 6.45) is 1.88. The highest BCUT2D eigenvalue weighted by Gasteiger charge is 2.18. The van der Waals surface area contributed by atoms with Crippen molar-refractivity contribution in [3.63, 3.8) is 0 Å². The molecule has 0 saturated carbocycles. The number of nitrogens with one attached hydrogen (secondary N) is 1. The zero-order valence-electron chi connectivity index (χ0n) is 13.9. The quantitative estimate of drug-likeness (QED) is 0.884. The molecule has 0 fully saturated rings. The zero-order chi connectivity index (χ0) is 17.1. The van der Waals surface area contributed by atoms with E-state index in [1.54, 1.807) is 0 Å². The normalized spacial score (nSPS) is 12.2. The molecule has 2 aromatic rings. The van der Waals surface area contributed by atoms with Gasteiger partial charge in [-0.3, -0.25) is 4.99 Å². The maximum Gasteiger partial charge on any atom is 0.416 e. The summed E-state index contributed by atoms with van der Waals surface area (Å²) in [6.45, 7) is 3.56. The summed E-state index contributed by atoms with van der Waals surface area (Å²) in [5.74, 6) is 0. The second-order valence-electron chi connectivity index (χ2n) is 5.87. The third-order valence-electron chi connectivity index (χ3n) is 4.27. The van der Waals surface area contributed by atoms with Crippen LogP contribution in [0.3, 0.4) is 0 Å². The summed E-state index contributed by atoms with van der Waals surface area (Å²) in [7, 11) is 1.91. The van der Waals surface area contributed by atoms with Crippen LogP contribution in [0.5, 0.6) is 0 Å². The number of aryl methyl sites for hydroxylation is 1. The fourth-order valence-electron chi connectivity index (χ4n) is 2.93. The first-order valence-electron chi connectivity index (χ1n) is 8.02. The molecule has 1 aliphatic rings. The lowest BCUT2D eigenvalue weighted by Gasteiger charge is -2.21. The summed E-state index contributed by atoms with van der Waals surface area (Å²) in [6, 6.07) is 11.4. The van der Waals surface area contributed by atoms with E-state index in [9.17, 15) is 9.90 Å². The highest BCUT2D eigenvalue weighted by molar-refractivity contribution is 5.94. The van der Waals surface area contributed by atoms with Gasteiger partial charge in [0.2, 0.25) is 0 Å². The Hall–Kier alpha value is -2.66. The number of fused-ring (bicyclic) bond motifs is 1. The summed E-state index contributed by atoms with van der Waals surface area (Å²) in [5.41, 5.74) is 3.61. The minimum absolute atomic E-state index is 0.637. The molecule has 2 N–H and O–H groups in total. The van der Waals surface area contributed by atoms with Crippen LogP contribution in [-0.4, -0.2) is 31.3 Å². The summed E-state index contributed by atoms with van der Waals surface area (Å²) in [5, 5.41) is 14.8. The van der Waals surface area contributed by atoms with Gasteiger partial charge >= 0.3 is 6.09 Å². The van der Waals surface area contributed by atoms with Gasteiger partial charge in [-0.25, -0.2) is 9.69 Å². The van der Waals surface area contributed by atoms with Gasteiger partial charge in [-0.1, -0.05) is 12.1 Å². The van der Waals surface area contributed by atoms with Crippen LogP contribution in [0, 0.1) is 6.92 Å². The number of benzene rings is 2. The van der Waals surface area contributed by atoms with E-state index in [0.29, 0.717) is 17.9 Å². The number of hydrogen-bond donors (Lipinski definition) is 2. The molecule has 0 bridgehead atoms. The van der Waals surface area contributed by atoms with E-state index in [0.717, 1.165) is 29.1 Å². The molecule has 124 valence electrons. The first-order chi connectivity index (χ1) is 11.6. The van der Waals surface area contributed by atoms with E-state index in [2.05, 4.69) is 10.3 Å². The van der Waals surface area contributed by atoms with E-state index in [-0.39, 0.29) is 0 Å². The van der Waals surface area contributed by atoms with Crippen LogP contribution in [0.2, 0.25) is 0 Å². The smallest absolute Gasteiger partial charge is 0.416 e. The van der Waals surface area contributed by atoms with Crippen LogP contribution in [-0.2, 0) is 6.42 Å². The summed E-state index contributed by atoms with van der Waals surface area (Å²) < 4.78 is 0. The van der Waals surface area contributed by atoms with Crippen LogP contribution < -0.4 is 20.8 Å². The lowest BCUT2D eigenvalue weighted by atomic mass is 10.0. The number of hydrogen-bond acceptors (Lipinski definition) is 3. The molecule has 1 aliphatic heterocycles. The highest BCUT2D eigenvalue weighted by Crippen LogP contribution is 2.26.